The molecule has 0 aliphatic heterocycles. The molecule has 1 aromatic rings. The number of hydrogen-bond donors (Lipinski definition) is 0. The van der Waals surface area contributed by atoms with Crippen LogP contribution in [0.1, 0.15) is 44.2 Å². The molecule has 0 saturated carbocycles. The molecule has 0 bridgehead atoms. The van der Waals surface area contributed by atoms with Gasteiger partial charge in [-0.25, -0.2) is 0 Å². The molecule has 0 amide bonds. The van der Waals surface area contributed by atoms with Gasteiger partial charge >= 0.3 is 0 Å². The molecule has 1 unspecified atom stereocenters. The minimum absolute atomic E-state index is 0.346. The lowest BCUT2D eigenvalue weighted by Crippen LogP contribution is -2.13. The van der Waals surface area contributed by atoms with E-state index in [0.717, 1.165) is 11.3 Å². The molecule has 0 radical (unpaired) electrons. The molecule has 0 aromatic heterocycles. The number of hydrogen-bond acceptors (Lipinski definition) is 2. The lowest BCUT2D eigenvalue weighted by molar-refractivity contribution is 0.250. The van der Waals surface area contributed by atoms with E-state index < -0.39 is 0 Å². The molecule has 0 fully saturated rings. The van der Waals surface area contributed by atoms with E-state index >= 15 is 0 Å². The van der Waals surface area contributed by atoms with Crippen molar-refractivity contribution >= 4 is 0 Å². The highest BCUT2D eigenvalue weighted by molar-refractivity contribution is 5.38. The Balaban J connectivity index is 2.94. The zero-order chi connectivity index (χ0) is 12.1. The van der Waals surface area contributed by atoms with Gasteiger partial charge in [-0.2, -0.15) is 5.26 Å². The second-order valence-corrected chi connectivity index (χ2v) is 4.32. The molecular weight excluding hydrogens is 198 g/mol. The molecule has 0 spiro atoms. The SMILES string of the molecule is CCC(C#N)Oc1cc(C(C)C)ccc1C. The fraction of sp³-hybridized carbons (Fsp3) is 0.500. The Morgan fingerprint density at radius 1 is 1.38 bits per heavy atom. The summed E-state index contributed by atoms with van der Waals surface area (Å²) in [6.07, 6.45) is 0.364. The lowest BCUT2D eigenvalue weighted by Gasteiger charge is -2.15. The van der Waals surface area contributed by atoms with Crippen LogP contribution in [0.3, 0.4) is 0 Å². The Kier molecular flexibility index (Phi) is 4.37. The van der Waals surface area contributed by atoms with Gasteiger partial charge < -0.3 is 4.74 Å². The summed E-state index contributed by atoms with van der Waals surface area (Å²) in [4.78, 5) is 0. The first kappa shape index (κ1) is 12.6. The van der Waals surface area contributed by atoms with Gasteiger partial charge in [0.2, 0.25) is 0 Å². The maximum Gasteiger partial charge on any atom is 0.184 e. The highest BCUT2D eigenvalue weighted by atomic mass is 16.5. The number of aryl methyl sites for hydroxylation is 1. The molecule has 86 valence electrons. The van der Waals surface area contributed by atoms with Crippen molar-refractivity contribution in [2.45, 2.75) is 46.1 Å². The molecule has 0 heterocycles. The quantitative estimate of drug-likeness (QED) is 0.768. The van der Waals surface area contributed by atoms with Crippen LogP contribution in [0, 0.1) is 18.3 Å². The van der Waals surface area contributed by atoms with E-state index in [1.807, 2.05) is 19.9 Å². The average Bonchev–Trinajstić information content (AvgIpc) is 2.27. The van der Waals surface area contributed by atoms with E-state index in [1.165, 1.54) is 5.56 Å². The lowest BCUT2D eigenvalue weighted by atomic mass is 10.0. The normalized spacial score (nSPS) is 12.2. The molecule has 0 saturated heterocycles. The Hall–Kier alpha value is -1.49. The fourth-order valence-electron chi connectivity index (χ4n) is 1.46. The van der Waals surface area contributed by atoms with Crippen molar-refractivity contribution in [1.82, 2.24) is 0 Å². The summed E-state index contributed by atoms with van der Waals surface area (Å²) >= 11 is 0. The zero-order valence-electron chi connectivity index (χ0n) is 10.4. The third-order valence-corrected chi connectivity index (χ3v) is 2.66. The number of rotatable bonds is 4. The molecule has 2 nitrogen and oxygen atoms in total. The van der Waals surface area contributed by atoms with Gasteiger partial charge in [0.15, 0.2) is 6.10 Å². The van der Waals surface area contributed by atoms with Crippen molar-refractivity contribution < 1.29 is 4.74 Å². The summed E-state index contributed by atoms with van der Waals surface area (Å²) in [5.41, 5.74) is 2.33. The Labute approximate surface area is 97.9 Å². The fourth-order valence-corrected chi connectivity index (χ4v) is 1.46. The van der Waals surface area contributed by atoms with E-state index in [0.29, 0.717) is 12.3 Å². The van der Waals surface area contributed by atoms with Gasteiger partial charge in [-0.15, -0.1) is 0 Å². The molecule has 2 heteroatoms. The predicted molar refractivity (Wildman–Crippen MR) is 65.6 cm³/mol. The van der Waals surface area contributed by atoms with E-state index in [-0.39, 0.29) is 6.10 Å². The van der Waals surface area contributed by atoms with Gasteiger partial charge in [-0.05, 0) is 36.5 Å². The number of nitriles is 1. The van der Waals surface area contributed by atoms with Crippen LogP contribution < -0.4 is 4.74 Å². The van der Waals surface area contributed by atoms with E-state index in [9.17, 15) is 0 Å². The molecule has 1 aromatic carbocycles. The summed E-state index contributed by atoms with van der Waals surface area (Å²) in [5, 5.41) is 8.88. The van der Waals surface area contributed by atoms with Crippen LogP contribution in [0.25, 0.3) is 0 Å². The third kappa shape index (κ3) is 3.00. The molecule has 1 atom stereocenters. The van der Waals surface area contributed by atoms with Crippen LogP contribution in [-0.2, 0) is 0 Å². The van der Waals surface area contributed by atoms with Gasteiger partial charge in [0, 0.05) is 0 Å². The maximum absolute atomic E-state index is 8.88. The summed E-state index contributed by atoms with van der Waals surface area (Å²) in [7, 11) is 0. The highest BCUT2D eigenvalue weighted by Crippen LogP contribution is 2.25. The second-order valence-electron chi connectivity index (χ2n) is 4.32. The first-order valence-corrected chi connectivity index (χ1v) is 5.75. The summed E-state index contributed by atoms with van der Waals surface area (Å²) in [6, 6.07) is 8.36. The van der Waals surface area contributed by atoms with Crippen LogP contribution in [0.15, 0.2) is 18.2 Å². The van der Waals surface area contributed by atoms with Crippen molar-refractivity contribution in [3.63, 3.8) is 0 Å². The average molecular weight is 217 g/mol. The first-order chi connectivity index (χ1) is 7.58. The smallest absolute Gasteiger partial charge is 0.184 e. The van der Waals surface area contributed by atoms with Crippen molar-refractivity contribution in [1.29, 1.82) is 5.26 Å². The van der Waals surface area contributed by atoms with Crippen LogP contribution in [-0.4, -0.2) is 6.10 Å². The highest BCUT2D eigenvalue weighted by Gasteiger charge is 2.10. The molecule has 0 aliphatic carbocycles. The van der Waals surface area contributed by atoms with Gasteiger partial charge in [-0.3, -0.25) is 0 Å². The first-order valence-electron chi connectivity index (χ1n) is 5.75. The maximum atomic E-state index is 8.88. The largest absolute Gasteiger partial charge is 0.475 e. The summed E-state index contributed by atoms with van der Waals surface area (Å²) in [6.45, 7) is 8.26. The Bertz CT molecular complexity index is 390. The van der Waals surface area contributed by atoms with Crippen molar-refractivity contribution in [3.8, 4) is 11.8 Å². The summed E-state index contributed by atoms with van der Waals surface area (Å²) < 4.78 is 5.67. The van der Waals surface area contributed by atoms with E-state index in [2.05, 4.69) is 32.0 Å². The Morgan fingerprint density at radius 3 is 2.56 bits per heavy atom. The minimum atomic E-state index is -0.346. The van der Waals surface area contributed by atoms with Gasteiger partial charge in [0.1, 0.15) is 11.8 Å². The minimum Gasteiger partial charge on any atom is -0.475 e. The van der Waals surface area contributed by atoms with Crippen LogP contribution in [0.2, 0.25) is 0 Å². The molecular formula is C14H19NO. The van der Waals surface area contributed by atoms with E-state index in [4.69, 9.17) is 10.00 Å². The predicted octanol–water partition coefficient (Wildman–Crippen LogP) is 3.80. The third-order valence-electron chi connectivity index (χ3n) is 2.66. The van der Waals surface area contributed by atoms with E-state index in [1.54, 1.807) is 0 Å². The summed E-state index contributed by atoms with van der Waals surface area (Å²) in [5.74, 6) is 1.31. The van der Waals surface area contributed by atoms with Crippen LogP contribution in [0.5, 0.6) is 5.75 Å². The van der Waals surface area contributed by atoms with Gasteiger partial charge in [-0.1, -0.05) is 32.9 Å². The number of ether oxygens (including phenoxy) is 1. The monoisotopic (exact) mass is 217 g/mol. The van der Waals surface area contributed by atoms with Gasteiger partial charge in [0.05, 0.1) is 0 Å². The zero-order valence-corrected chi connectivity index (χ0v) is 10.4. The van der Waals surface area contributed by atoms with Gasteiger partial charge in [0.25, 0.3) is 0 Å². The molecule has 1 rings (SSSR count). The van der Waals surface area contributed by atoms with Crippen molar-refractivity contribution in [3.05, 3.63) is 29.3 Å². The van der Waals surface area contributed by atoms with Crippen molar-refractivity contribution in [2.24, 2.45) is 0 Å². The molecule has 16 heavy (non-hydrogen) atoms. The molecule has 0 N–H and O–H groups in total. The second kappa shape index (κ2) is 5.55. The standard InChI is InChI=1S/C14H19NO/c1-5-13(9-15)16-14-8-12(10(2)3)7-6-11(14)4/h6-8,10,13H,5H2,1-4H3. The van der Waals surface area contributed by atoms with Crippen molar-refractivity contribution in [2.75, 3.05) is 0 Å². The number of nitrogens with zero attached hydrogens (tertiary/aromatic N) is 1. The number of benzene rings is 1. The Morgan fingerprint density at radius 2 is 2.06 bits per heavy atom. The topological polar surface area (TPSA) is 33.0 Å². The van der Waals surface area contributed by atoms with Crippen LogP contribution in [0.4, 0.5) is 0 Å². The molecule has 0 aliphatic rings. The van der Waals surface area contributed by atoms with Crippen LogP contribution >= 0.6 is 0 Å².